The van der Waals surface area contributed by atoms with Gasteiger partial charge < -0.3 is 4.74 Å². The Bertz CT molecular complexity index is 800. The Morgan fingerprint density at radius 3 is 2.80 bits per heavy atom. The summed E-state index contributed by atoms with van der Waals surface area (Å²) in [7, 11) is 1.55. The lowest BCUT2D eigenvalue weighted by Crippen LogP contribution is -1.97. The summed E-state index contributed by atoms with van der Waals surface area (Å²) >= 11 is 3.44. The molecule has 3 rings (SSSR count). The number of fused-ring (bicyclic) bond motifs is 1. The summed E-state index contributed by atoms with van der Waals surface area (Å²) in [6.07, 6.45) is 0. The highest BCUT2D eigenvalue weighted by Gasteiger charge is 2.12. The average molecular weight is 336 g/mol. The molecule has 0 radical (unpaired) electrons. The van der Waals surface area contributed by atoms with E-state index >= 15 is 0 Å². The van der Waals surface area contributed by atoms with Gasteiger partial charge in [-0.3, -0.25) is 0 Å². The Labute approximate surface area is 123 Å². The number of aryl methyl sites for hydroxylation is 1. The van der Waals surface area contributed by atoms with Crippen molar-refractivity contribution in [3.63, 3.8) is 0 Å². The second-order valence-electron chi connectivity index (χ2n) is 4.32. The van der Waals surface area contributed by atoms with Gasteiger partial charge in [-0.15, -0.1) is 0 Å². The number of hydrogen-bond donors (Lipinski definition) is 0. The first kappa shape index (κ1) is 13.1. The van der Waals surface area contributed by atoms with E-state index in [1.54, 1.807) is 23.8 Å². The maximum Gasteiger partial charge on any atom is 0.155 e. The maximum atomic E-state index is 13.5. The highest BCUT2D eigenvalue weighted by atomic mass is 79.9. The molecule has 4 nitrogen and oxygen atoms in total. The highest BCUT2D eigenvalue weighted by molar-refractivity contribution is 9.10. The van der Waals surface area contributed by atoms with E-state index in [9.17, 15) is 4.39 Å². The maximum absolute atomic E-state index is 13.5. The van der Waals surface area contributed by atoms with Gasteiger partial charge in [0.2, 0.25) is 0 Å². The van der Waals surface area contributed by atoms with Crippen LogP contribution in [0.2, 0.25) is 0 Å². The quantitative estimate of drug-likeness (QED) is 0.718. The molecule has 0 unspecified atom stereocenters. The summed E-state index contributed by atoms with van der Waals surface area (Å²) in [6.45, 7) is 1.89. The van der Waals surface area contributed by atoms with Gasteiger partial charge in [-0.05, 0) is 53.2 Å². The van der Waals surface area contributed by atoms with Gasteiger partial charge in [-0.2, -0.15) is 5.10 Å². The molecule has 20 heavy (non-hydrogen) atoms. The first-order chi connectivity index (χ1) is 9.60. The Morgan fingerprint density at radius 2 is 2.05 bits per heavy atom. The zero-order chi connectivity index (χ0) is 14.3. The van der Waals surface area contributed by atoms with Crippen LogP contribution in [-0.2, 0) is 0 Å². The molecule has 6 heteroatoms. The van der Waals surface area contributed by atoms with Gasteiger partial charge in [0.05, 0.1) is 18.5 Å². The molecule has 0 aliphatic carbocycles. The third-order valence-corrected chi connectivity index (χ3v) is 3.93. The second-order valence-corrected chi connectivity index (χ2v) is 5.07. The fourth-order valence-electron chi connectivity index (χ4n) is 2.04. The van der Waals surface area contributed by atoms with Crippen LogP contribution in [0.15, 0.2) is 34.9 Å². The Balaban J connectivity index is 2.24. The van der Waals surface area contributed by atoms with E-state index in [0.717, 1.165) is 15.9 Å². The third kappa shape index (κ3) is 2.06. The molecule has 2 aromatic heterocycles. The van der Waals surface area contributed by atoms with Crippen molar-refractivity contribution in [1.82, 2.24) is 14.6 Å². The smallest absolute Gasteiger partial charge is 0.155 e. The van der Waals surface area contributed by atoms with Crippen molar-refractivity contribution in [3.8, 4) is 17.0 Å². The molecule has 0 amide bonds. The van der Waals surface area contributed by atoms with Crippen molar-refractivity contribution < 1.29 is 9.13 Å². The van der Waals surface area contributed by atoms with Crippen molar-refractivity contribution in [1.29, 1.82) is 0 Å². The van der Waals surface area contributed by atoms with Gasteiger partial charge in [0.15, 0.2) is 5.65 Å². The fourth-order valence-corrected chi connectivity index (χ4v) is 2.39. The van der Waals surface area contributed by atoms with E-state index in [1.165, 1.54) is 12.1 Å². The molecule has 0 atom stereocenters. The fraction of sp³-hybridized carbons (Fsp3) is 0.143. The minimum atomic E-state index is -0.330. The lowest BCUT2D eigenvalue weighted by atomic mass is 10.1. The predicted octanol–water partition coefficient (Wildman–Crippen LogP) is 3.61. The van der Waals surface area contributed by atoms with Crippen molar-refractivity contribution >= 4 is 21.6 Å². The predicted molar refractivity (Wildman–Crippen MR) is 77.4 cm³/mol. The number of benzene rings is 1. The molecule has 102 valence electrons. The first-order valence-electron chi connectivity index (χ1n) is 5.96. The van der Waals surface area contributed by atoms with Gasteiger partial charge in [-0.1, -0.05) is 0 Å². The SMILES string of the molecule is COc1ccc(F)cc1-c1ccc2nc(C)c(Br)n2n1. The standard InChI is InChI=1S/C14H11BrFN3O/c1-8-14(15)19-13(17-8)6-4-11(18-19)10-7-9(16)3-5-12(10)20-2/h3-7H,1-2H3. The number of aromatic nitrogens is 3. The van der Waals surface area contributed by atoms with Crippen LogP contribution >= 0.6 is 15.9 Å². The largest absolute Gasteiger partial charge is 0.496 e. The van der Waals surface area contributed by atoms with Crippen LogP contribution in [0.4, 0.5) is 4.39 Å². The normalized spacial score (nSPS) is 11.0. The number of imidazole rings is 1. The van der Waals surface area contributed by atoms with Crippen LogP contribution in [0, 0.1) is 12.7 Å². The van der Waals surface area contributed by atoms with Crippen LogP contribution in [0.25, 0.3) is 16.9 Å². The molecule has 0 spiro atoms. The van der Waals surface area contributed by atoms with Crippen LogP contribution in [0.5, 0.6) is 5.75 Å². The van der Waals surface area contributed by atoms with E-state index in [-0.39, 0.29) is 5.82 Å². The number of ether oxygens (including phenoxy) is 1. The molecule has 0 fully saturated rings. The van der Waals surface area contributed by atoms with Crippen LogP contribution in [-0.4, -0.2) is 21.7 Å². The monoisotopic (exact) mass is 335 g/mol. The number of nitrogens with zero attached hydrogens (tertiary/aromatic N) is 3. The molecule has 0 N–H and O–H groups in total. The minimum absolute atomic E-state index is 0.330. The molecule has 1 aromatic carbocycles. The summed E-state index contributed by atoms with van der Waals surface area (Å²) in [4.78, 5) is 4.36. The number of halogens is 2. The van der Waals surface area contributed by atoms with Crippen molar-refractivity contribution in [2.45, 2.75) is 6.92 Å². The summed E-state index contributed by atoms with van der Waals surface area (Å²) in [5.74, 6) is 0.245. The van der Waals surface area contributed by atoms with E-state index in [2.05, 4.69) is 26.0 Å². The topological polar surface area (TPSA) is 39.4 Å². The lowest BCUT2D eigenvalue weighted by Gasteiger charge is -2.08. The minimum Gasteiger partial charge on any atom is -0.496 e. The molecule has 0 aliphatic heterocycles. The van der Waals surface area contributed by atoms with E-state index in [4.69, 9.17) is 4.74 Å². The summed E-state index contributed by atoms with van der Waals surface area (Å²) in [5.41, 5.74) is 2.80. The van der Waals surface area contributed by atoms with Crippen LogP contribution in [0.3, 0.4) is 0 Å². The van der Waals surface area contributed by atoms with Crippen molar-refractivity contribution in [2.75, 3.05) is 7.11 Å². The van der Waals surface area contributed by atoms with Gasteiger partial charge in [0, 0.05) is 5.56 Å². The molecular formula is C14H11BrFN3O. The van der Waals surface area contributed by atoms with Gasteiger partial charge in [-0.25, -0.2) is 13.9 Å². The number of methoxy groups -OCH3 is 1. The first-order valence-corrected chi connectivity index (χ1v) is 6.75. The third-order valence-electron chi connectivity index (χ3n) is 3.02. The Hall–Kier alpha value is -1.95. The molecule has 0 aliphatic rings. The zero-order valence-electron chi connectivity index (χ0n) is 10.9. The summed E-state index contributed by atoms with van der Waals surface area (Å²) < 4.78 is 21.2. The second kappa shape index (κ2) is 4.86. The van der Waals surface area contributed by atoms with Crippen molar-refractivity contribution in [3.05, 3.63) is 46.4 Å². The zero-order valence-corrected chi connectivity index (χ0v) is 12.5. The summed E-state index contributed by atoms with van der Waals surface area (Å²) in [5, 5.41) is 4.48. The molecular weight excluding hydrogens is 325 g/mol. The molecule has 0 bridgehead atoms. The van der Waals surface area contributed by atoms with Gasteiger partial charge in [0.1, 0.15) is 16.2 Å². The molecule has 0 saturated carbocycles. The van der Waals surface area contributed by atoms with E-state index in [0.29, 0.717) is 17.0 Å². The Kier molecular flexibility index (Phi) is 3.17. The molecule has 2 heterocycles. The molecule has 0 saturated heterocycles. The van der Waals surface area contributed by atoms with Gasteiger partial charge in [0.25, 0.3) is 0 Å². The van der Waals surface area contributed by atoms with E-state index in [1.807, 2.05) is 13.0 Å². The number of hydrogen-bond acceptors (Lipinski definition) is 3. The van der Waals surface area contributed by atoms with Gasteiger partial charge >= 0.3 is 0 Å². The van der Waals surface area contributed by atoms with E-state index < -0.39 is 0 Å². The summed E-state index contributed by atoms with van der Waals surface area (Å²) in [6, 6.07) is 7.99. The lowest BCUT2D eigenvalue weighted by molar-refractivity contribution is 0.415. The highest BCUT2D eigenvalue weighted by Crippen LogP contribution is 2.30. The molecule has 3 aromatic rings. The average Bonchev–Trinajstić information content (AvgIpc) is 2.74. The van der Waals surface area contributed by atoms with Crippen molar-refractivity contribution in [2.24, 2.45) is 0 Å². The number of rotatable bonds is 2. The van der Waals surface area contributed by atoms with Crippen LogP contribution < -0.4 is 4.74 Å². The Morgan fingerprint density at radius 1 is 1.25 bits per heavy atom. The van der Waals surface area contributed by atoms with Crippen LogP contribution in [0.1, 0.15) is 5.69 Å².